The molecule has 0 unspecified atom stereocenters. The summed E-state index contributed by atoms with van der Waals surface area (Å²) in [6.07, 6.45) is 4.04. The molecule has 0 saturated carbocycles. The van der Waals surface area contributed by atoms with Crippen molar-refractivity contribution in [1.82, 2.24) is 9.38 Å². The van der Waals surface area contributed by atoms with Gasteiger partial charge in [0, 0.05) is 10.6 Å². The summed E-state index contributed by atoms with van der Waals surface area (Å²) in [4.78, 5) is 29.0. The number of hydrogen-bond donors (Lipinski definition) is 1. The number of aromatic carboxylic acids is 1. The molecule has 1 atom stereocenters. The predicted octanol–water partition coefficient (Wildman–Crippen LogP) is 1.58. The van der Waals surface area contributed by atoms with Crippen LogP contribution in [0.25, 0.3) is 4.96 Å². The Morgan fingerprint density at radius 3 is 3.11 bits per heavy atom. The Labute approximate surface area is 107 Å². The van der Waals surface area contributed by atoms with Crippen LogP contribution in [0.2, 0.25) is 0 Å². The second-order valence-corrected chi connectivity index (χ2v) is 5.78. The highest BCUT2D eigenvalue weighted by Crippen LogP contribution is 2.30. The maximum absolute atomic E-state index is 12.2. The molecule has 6 heteroatoms. The molecule has 0 bridgehead atoms. The van der Waals surface area contributed by atoms with Crippen molar-refractivity contribution in [2.24, 2.45) is 5.92 Å². The molecule has 0 spiro atoms. The van der Waals surface area contributed by atoms with Crippen LogP contribution in [0.3, 0.4) is 0 Å². The lowest BCUT2D eigenvalue weighted by Crippen LogP contribution is -2.25. The molecule has 2 aromatic rings. The predicted molar refractivity (Wildman–Crippen MR) is 67.5 cm³/mol. The van der Waals surface area contributed by atoms with E-state index >= 15 is 0 Å². The van der Waals surface area contributed by atoms with Crippen molar-refractivity contribution in [3.8, 4) is 0 Å². The zero-order chi connectivity index (χ0) is 12.9. The minimum atomic E-state index is -1.22. The summed E-state index contributed by atoms with van der Waals surface area (Å²) in [6, 6.07) is 0. The van der Waals surface area contributed by atoms with E-state index in [0.717, 1.165) is 31.2 Å². The maximum Gasteiger partial charge on any atom is 0.342 e. The lowest BCUT2D eigenvalue weighted by molar-refractivity contribution is 0.0694. The Kier molecular flexibility index (Phi) is 2.48. The summed E-state index contributed by atoms with van der Waals surface area (Å²) in [5, 5.41) is 8.97. The number of carboxylic acid groups (broad SMARTS) is 1. The number of aryl methyl sites for hydroxylation is 1. The highest BCUT2D eigenvalue weighted by molar-refractivity contribution is 7.17. The fourth-order valence-electron chi connectivity index (χ4n) is 2.40. The van der Waals surface area contributed by atoms with Crippen LogP contribution >= 0.6 is 11.3 Å². The van der Waals surface area contributed by atoms with Gasteiger partial charge in [-0.25, -0.2) is 9.78 Å². The summed E-state index contributed by atoms with van der Waals surface area (Å²) in [5.41, 5.74) is 0.236. The molecule has 94 valence electrons. The monoisotopic (exact) mass is 264 g/mol. The summed E-state index contributed by atoms with van der Waals surface area (Å²) in [6.45, 7) is 2.14. The highest BCUT2D eigenvalue weighted by atomic mass is 32.1. The molecule has 1 aliphatic carbocycles. The molecule has 0 aromatic carbocycles. The lowest BCUT2D eigenvalue weighted by Gasteiger charge is -2.17. The van der Waals surface area contributed by atoms with Gasteiger partial charge in [0.2, 0.25) is 0 Å². The fraction of sp³-hybridized carbons (Fsp3) is 0.417. The van der Waals surface area contributed by atoms with Gasteiger partial charge in [0.05, 0.1) is 6.20 Å². The largest absolute Gasteiger partial charge is 0.477 e. The standard InChI is InChI=1S/C12H12N2O3S/c1-6-2-3-9-8(4-6)14-10(15)7(11(16)17)5-13-12(14)18-9/h5-6H,2-4H2,1H3,(H,16,17)/t6-/m0/s1. The number of fused-ring (bicyclic) bond motifs is 3. The molecule has 0 fully saturated rings. The number of hydrogen-bond acceptors (Lipinski definition) is 4. The van der Waals surface area contributed by atoms with E-state index in [1.165, 1.54) is 20.6 Å². The van der Waals surface area contributed by atoms with Gasteiger partial charge in [0.15, 0.2) is 4.96 Å². The molecule has 0 aliphatic heterocycles. The molecule has 1 N–H and O–H groups in total. The quantitative estimate of drug-likeness (QED) is 0.848. The molecule has 1 aliphatic rings. The zero-order valence-corrected chi connectivity index (χ0v) is 10.7. The van der Waals surface area contributed by atoms with Crippen LogP contribution in [-0.4, -0.2) is 20.5 Å². The lowest BCUT2D eigenvalue weighted by atomic mass is 9.92. The van der Waals surface area contributed by atoms with E-state index in [9.17, 15) is 9.59 Å². The van der Waals surface area contributed by atoms with Crippen molar-refractivity contribution in [1.29, 1.82) is 0 Å². The SMILES string of the molecule is C[C@H]1CCc2sc3ncc(C(=O)O)c(=O)n3c2C1. The topological polar surface area (TPSA) is 71.7 Å². The first-order valence-electron chi connectivity index (χ1n) is 5.83. The number of thiazole rings is 1. The molecular weight excluding hydrogens is 252 g/mol. The van der Waals surface area contributed by atoms with Crippen molar-refractivity contribution in [3.63, 3.8) is 0 Å². The number of nitrogens with zero attached hydrogens (tertiary/aromatic N) is 2. The fourth-order valence-corrected chi connectivity index (χ4v) is 3.52. The van der Waals surface area contributed by atoms with Crippen molar-refractivity contribution in [2.75, 3.05) is 0 Å². The Morgan fingerprint density at radius 1 is 1.61 bits per heavy atom. The average molecular weight is 264 g/mol. The van der Waals surface area contributed by atoms with E-state index in [4.69, 9.17) is 5.11 Å². The van der Waals surface area contributed by atoms with Crippen molar-refractivity contribution < 1.29 is 9.90 Å². The van der Waals surface area contributed by atoms with Crippen LogP contribution in [0.15, 0.2) is 11.0 Å². The van der Waals surface area contributed by atoms with Gasteiger partial charge in [-0.05, 0) is 25.2 Å². The van der Waals surface area contributed by atoms with E-state index in [0.29, 0.717) is 10.9 Å². The van der Waals surface area contributed by atoms with Gasteiger partial charge in [0.1, 0.15) is 5.56 Å². The van der Waals surface area contributed by atoms with Crippen LogP contribution in [0.5, 0.6) is 0 Å². The van der Waals surface area contributed by atoms with E-state index < -0.39 is 11.5 Å². The number of carbonyl (C=O) groups is 1. The van der Waals surface area contributed by atoms with Gasteiger partial charge in [-0.1, -0.05) is 6.92 Å². The van der Waals surface area contributed by atoms with Gasteiger partial charge >= 0.3 is 5.97 Å². The first kappa shape index (κ1) is 11.4. The molecular formula is C12H12N2O3S. The molecule has 0 amide bonds. The number of aromatic nitrogens is 2. The molecule has 5 nitrogen and oxygen atoms in total. The first-order chi connectivity index (χ1) is 8.58. The van der Waals surface area contributed by atoms with Gasteiger partial charge in [-0.15, -0.1) is 11.3 Å². The van der Waals surface area contributed by atoms with E-state index in [1.807, 2.05) is 0 Å². The van der Waals surface area contributed by atoms with Crippen LogP contribution in [0.4, 0.5) is 0 Å². The van der Waals surface area contributed by atoms with Crippen LogP contribution < -0.4 is 5.56 Å². The van der Waals surface area contributed by atoms with E-state index in [1.54, 1.807) is 0 Å². The number of rotatable bonds is 1. The highest BCUT2D eigenvalue weighted by Gasteiger charge is 2.23. The van der Waals surface area contributed by atoms with Crippen molar-refractivity contribution in [2.45, 2.75) is 26.2 Å². The third-order valence-corrected chi connectivity index (χ3v) is 4.53. The number of carboxylic acids is 1. The molecule has 2 heterocycles. The summed E-state index contributed by atoms with van der Waals surface area (Å²) < 4.78 is 1.49. The second-order valence-electron chi connectivity index (χ2n) is 4.72. The van der Waals surface area contributed by atoms with Gasteiger partial charge in [-0.2, -0.15) is 0 Å². The smallest absolute Gasteiger partial charge is 0.342 e. The minimum absolute atomic E-state index is 0.258. The van der Waals surface area contributed by atoms with Crippen molar-refractivity contribution in [3.05, 3.63) is 32.7 Å². The zero-order valence-electron chi connectivity index (χ0n) is 9.84. The summed E-state index contributed by atoms with van der Waals surface area (Å²) in [7, 11) is 0. The van der Waals surface area contributed by atoms with Crippen LogP contribution in [-0.2, 0) is 12.8 Å². The Balaban J connectivity index is 2.34. The molecule has 0 saturated heterocycles. The van der Waals surface area contributed by atoms with Gasteiger partial charge < -0.3 is 5.11 Å². The summed E-state index contributed by atoms with van der Waals surface area (Å²) >= 11 is 1.50. The molecule has 18 heavy (non-hydrogen) atoms. The molecule has 0 radical (unpaired) electrons. The van der Waals surface area contributed by atoms with Gasteiger partial charge in [-0.3, -0.25) is 9.20 Å². The first-order valence-corrected chi connectivity index (χ1v) is 6.65. The third-order valence-electron chi connectivity index (χ3n) is 3.37. The van der Waals surface area contributed by atoms with Gasteiger partial charge in [0.25, 0.3) is 5.56 Å². The normalized spacial score (nSPS) is 18.8. The average Bonchev–Trinajstić information content (AvgIpc) is 2.67. The summed E-state index contributed by atoms with van der Waals surface area (Å²) in [5.74, 6) is -0.693. The van der Waals surface area contributed by atoms with E-state index in [2.05, 4.69) is 11.9 Å². The minimum Gasteiger partial charge on any atom is -0.477 e. The Bertz CT molecular complexity index is 701. The maximum atomic E-state index is 12.2. The second kappa shape index (κ2) is 3.91. The van der Waals surface area contributed by atoms with E-state index in [-0.39, 0.29) is 5.56 Å². The van der Waals surface area contributed by atoms with Crippen LogP contribution in [0, 0.1) is 5.92 Å². The molecule has 2 aromatic heterocycles. The third kappa shape index (κ3) is 1.56. The Morgan fingerprint density at radius 2 is 2.39 bits per heavy atom. The van der Waals surface area contributed by atoms with Crippen LogP contribution in [0.1, 0.15) is 34.3 Å². The Hall–Kier alpha value is -1.69. The van der Waals surface area contributed by atoms with Crippen molar-refractivity contribution >= 4 is 22.3 Å². The molecule has 3 rings (SSSR count).